The van der Waals surface area contributed by atoms with E-state index < -0.39 is 10.0 Å². The Balaban J connectivity index is 1.75. The van der Waals surface area contributed by atoms with Gasteiger partial charge in [0.1, 0.15) is 0 Å². The number of hydrogen-bond acceptors (Lipinski definition) is 3. The number of rotatable bonds is 5. The van der Waals surface area contributed by atoms with Gasteiger partial charge >= 0.3 is 0 Å². The van der Waals surface area contributed by atoms with Gasteiger partial charge in [-0.05, 0) is 50.1 Å². The van der Waals surface area contributed by atoms with E-state index in [4.69, 9.17) is 11.6 Å². The van der Waals surface area contributed by atoms with Crippen LogP contribution in [0.3, 0.4) is 0 Å². The maximum Gasteiger partial charge on any atom is 0.264 e. The minimum absolute atomic E-state index is 0.165. The smallest absolute Gasteiger partial charge is 0.264 e. The van der Waals surface area contributed by atoms with Crippen molar-refractivity contribution in [2.45, 2.75) is 62.8 Å². The third-order valence-corrected chi connectivity index (χ3v) is 7.79. The number of benzene rings is 2. The molecule has 0 unspecified atom stereocenters. The lowest BCUT2D eigenvalue weighted by molar-refractivity contribution is 0.0930. The molecule has 0 atom stereocenters. The van der Waals surface area contributed by atoms with Crippen molar-refractivity contribution in [1.29, 1.82) is 0 Å². The second-order valence-corrected chi connectivity index (χ2v) is 10.3. The molecule has 1 amide bonds. The molecule has 7 heteroatoms. The molecule has 30 heavy (non-hydrogen) atoms. The van der Waals surface area contributed by atoms with Crippen LogP contribution in [-0.2, 0) is 10.0 Å². The normalized spacial score (nSPS) is 15.8. The first kappa shape index (κ1) is 22.6. The number of sulfonamides is 1. The Hall–Kier alpha value is -2.05. The molecule has 1 fully saturated rings. The molecule has 1 aliphatic rings. The Morgan fingerprint density at radius 2 is 1.60 bits per heavy atom. The highest BCUT2D eigenvalue weighted by atomic mass is 35.5. The zero-order valence-electron chi connectivity index (χ0n) is 17.5. The van der Waals surface area contributed by atoms with Crippen LogP contribution in [0.25, 0.3) is 0 Å². The van der Waals surface area contributed by atoms with Crippen LogP contribution in [0, 0.1) is 6.92 Å². The molecular weight excluding hydrogens is 420 g/mol. The van der Waals surface area contributed by atoms with E-state index in [1.54, 1.807) is 36.4 Å². The number of amides is 1. The molecule has 5 nitrogen and oxygen atoms in total. The number of carbonyl (C=O) groups excluding carboxylic acids is 1. The Morgan fingerprint density at radius 3 is 2.20 bits per heavy atom. The molecule has 0 spiro atoms. The third-order valence-electron chi connectivity index (χ3n) is 5.68. The molecular formula is C23H29ClN2O3S. The highest BCUT2D eigenvalue weighted by molar-refractivity contribution is 7.92. The molecule has 0 radical (unpaired) electrons. The number of halogens is 1. The van der Waals surface area contributed by atoms with Gasteiger partial charge in [0.25, 0.3) is 15.9 Å². The van der Waals surface area contributed by atoms with Crippen LogP contribution in [0.2, 0.25) is 5.02 Å². The predicted octanol–water partition coefficient (Wildman–Crippen LogP) is 5.32. The van der Waals surface area contributed by atoms with Gasteiger partial charge in [0.15, 0.2) is 0 Å². The Labute approximate surface area is 184 Å². The molecule has 0 aliphatic heterocycles. The Morgan fingerprint density at radius 1 is 1.00 bits per heavy atom. The SMILES string of the molecule is Cc1ccc(S(=O)(=O)N(C)c2ccc(C(=O)NC3CCCCCCC3)c(Cl)c2)cc1. The molecule has 2 aromatic carbocycles. The summed E-state index contributed by atoms with van der Waals surface area (Å²) in [7, 11) is -2.23. The van der Waals surface area contributed by atoms with Gasteiger partial charge < -0.3 is 5.32 Å². The van der Waals surface area contributed by atoms with Crippen molar-refractivity contribution in [2.75, 3.05) is 11.4 Å². The number of carbonyl (C=O) groups is 1. The van der Waals surface area contributed by atoms with Gasteiger partial charge in [-0.15, -0.1) is 0 Å². The summed E-state index contributed by atoms with van der Waals surface area (Å²) in [6.07, 6.45) is 7.91. The van der Waals surface area contributed by atoms with Crippen LogP contribution in [0.5, 0.6) is 0 Å². The number of anilines is 1. The molecule has 0 heterocycles. The van der Waals surface area contributed by atoms with E-state index in [-0.39, 0.29) is 21.9 Å². The lowest BCUT2D eigenvalue weighted by Gasteiger charge is -2.22. The van der Waals surface area contributed by atoms with Crippen molar-refractivity contribution < 1.29 is 13.2 Å². The third kappa shape index (κ3) is 5.35. The molecule has 0 saturated heterocycles. The fourth-order valence-electron chi connectivity index (χ4n) is 3.75. The average Bonchev–Trinajstić information content (AvgIpc) is 2.69. The molecule has 162 valence electrons. The van der Waals surface area contributed by atoms with Gasteiger partial charge in [-0.1, -0.05) is 61.4 Å². The quantitative estimate of drug-likeness (QED) is 0.673. The first-order valence-corrected chi connectivity index (χ1v) is 12.3. The fraction of sp³-hybridized carbons (Fsp3) is 0.435. The van der Waals surface area contributed by atoms with Crippen molar-refractivity contribution in [3.8, 4) is 0 Å². The van der Waals surface area contributed by atoms with Gasteiger partial charge in [-0.2, -0.15) is 0 Å². The summed E-state index contributed by atoms with van der Waals surface area (Å²) in [6.45, 7) is 1.90. The summed E-state index contributed by atoms with van der Waals surface area (Å²) < 4.78 is 27.0. The number of aryl methyl sites for hydroxylation is 1. The first-order chi connectivity index (χ1) is 14.3. The molecule has 1 aliphatic carbocycles. The summed E-state index contributed by atoms with van der Waals surface area (Å²) >= 11 is 6.38. The number of nitrogens with one attached hydrogen (secondary N) is 1. The Kier molecular flexibility index (Phi) is 7.42. The highest BCUT2D eigenvalue weighted by Gasteiger charge is 2.23. The first-order valence-electron chi connectivity index (χ1n) is 10.4. The highest BCUT2D eigenvalue weighted by Crippen LogP contribution is 2.28. The van der Waals surface area contributed by atoms with Crippen molar-refractivity contribution in [1.82, 2.24) is 5.32 Å². The topological polar surface area (TPSA) is 66.5 Å². The van der Waals surface area contributed by atoms with E-state index in [0.717, 1.165) is 31.2 Å². The summed E-state index contributed by atoms with van der Waals surface area (Å²) in [4.78, 5) is 12.9. The van der Waals surface area contributed by atoms with E-state index in [1.807, 2.05) is 6.92 Å². The summed E-state index contributed by atoms with van der Waals surface area (Å²) in [6, 6.07) is 11.6. The second-order valence-electron chi connectivity index (χ2n) is 7.97. The van der Waals surface area contributed by atoms with Crippen LogP contribution < -0.4 is 9.62 Å². The van der Waals surface area contributed by atoms with E-state index in [0.29, 0.717) is 11.3 Å². The van der Waals surface area contributed by atoms with Crippen molar-refractivity contribution in [3.63, 3.8) is 0 Å². The predicted molar refractivity (Wildman–Crippen MR) is 122 cm³/mol. The molecule has 0 bridgehead atoms. The monoisotopic (exact) mass is 448 g/mol. The Bertz CT molecular complexity index is 982. The van der Waals surface area contributed by atoms with Crippen molar-refractivity contribution in [2.24, 2.45) is 0 Å². The lowest BCUT2D eigenvalue weighted by Crippen LogP contribution is -2.35. The van der Waals surface area contributed by atoms with E-state index >= 15 is 0 Å². The second kappa shape index (κ2) is 9.84. The largest absolute Gasteiger partial charge is 0.349 e. The van der Waals surface area contributed by atoms with Crippen LogP contribution in [0.15, 0.2) is 47.4 Å². The van der Waals surface area contributed by atoms with Gasteiger partial charge in [0.2, 0.25) is 0 Å². The van der Waals surface area contributed by atoms with Gasteiger partial charge in [0.05, 0.1) is 21.2 Å². The standard InChI is InChI=1S/C23H29ClN2O3S/c1-17-10-13-20(14-11-17)30(28,29)26(2)19-12-15-21(22(24)16-19)23(27)25-18-8-6-4-3-5-7-9-18/h10-16,18H,3-9H2,1-2H3,(H,25,27). The number of hydrogen-bond donors (Lipinski definition) is 1. The summed E-state index contributed by atoms with van der Waals surface area (Å²) in [5.41, 5.74) is 1.76. The van der Waals surface area contributed by atoms with E-state index in [2.05, 4.69) is 5.32 Å². The lowest BCUT2D eigenvalue weighted by atomic mass is 9.96. The van der Waals surface area contributed by atoms with Gasteiger partial charge in [-0.25, -0.2) is 8.42 Å². The van der Waals surface area contributed by atoms with Gasteiger partial charge in [-0.3, -0.25) is 9.10 Å². The van der Waals surface area contributed by atoms with E-state index in [9.17, 15) is 13.2 Å². The zero-order chi connectivity index (χ0) is 21.7. The van der Waals surface area contributed by atoms with Crippen molar-refractivity contribution in [3.05, 3.63) is 58.6 Å². The molecule has 1 saturated carbocycles. The maximum absolute atomic E-state index is 12.9. The molecule has 3 rings (SSSR count). The van der Waals surface area contributed by atoms with E-state index in [1.165, 1.54) is 36.7 Å². The van der Waals surface area contributed by atoms with Crippen LogP contribution in [0.1, 0.15) is 60.9 Å². The van der Waals surface area contributed by atoms with Gasteiger partial charge in [0, 0.05) is 13.1 Å². The zero-order valence-corrected chi connectivity index (χ0v) is 19.1. The van der Waals surface area contributed by atoms with Crippen LogP contribution >= 0.6 is 11.6 Å². The maximum atomic E-state index is 12.9. The summed E-state index contributed by atoms with van der Waals surface area (Å²) in [5, 5.41) is 3.34. The molecule has 1 N–H and O–H groups in total. The summed E-state index contributed by atoms with van der Waals surface area (Å²) in [5.74, 6) is -0.207. The van der Waals surface area contributed by atoms with Crippen molar-refractivity contribution >= 4 is 33.2 Å². The molecule has 2 aromatic rings. The minimum atomic E-state index is -3.71. The average molecular weight is 449 g/mol. The number of nitrogens with zero attached hydrogens (tertiary/aromatic N) is 1. The minimum Gasteiger partial charge on any atom is -0.349 e. The molecule has 0 aromatic heterocycles. The fourth-order valence-corrected chi connectivity index (χ4v) is 5.20. The van der Waals surface area contributed by atoms with Crippen LogP contribution in [-0.4, -0.2) is 27.4 Å². The van der Waals surface area contributed by atoms with Crippen LogP contribution in [0.4, 0.5) is 5.69 Å².